The summed E-state index contributed by atoms with van der Waals surface area (Å²) in [6.07, 6.45) is 5.39. The van der Waals surface area contributed by atoms with Crippen LogP contribution in [0.1, 0.15) is 45.5 Å². The van der Waals surface area contributed by atoms with Crippen molar-refractivity contribution in [2.45, 2.75) is 25.8 Å². The first kappa shape index (κ1) is 16.4. The lowest BCUT2D eigenvalue weighted by Crippen LogP contribution is -2.28. The standard InChI is InChI=1S/C18H18N2O3S/c1-11-10-24-17(19-11)16(13-7-8-13)20-15(21)9-4-12-2-5-14(6-3-12)18(22)23/h2-6,9-10,13,16H,7-8H2,1H3,(H,20,21)(H,22,23)/b9-4+. The Morgan fingerprint density at radius 1 is 1.33 bits per heavy atom. The number of nitrogens with one attached hydrogen (secondary N) is 1. The molecule has 5 nitrogen and oxygen atoms in total. The highest BCUT2D eigenvalue weighted by Gasteiger charge is 2.34. The van der Waals surface area contributed by atoms with E-state index in [0.717, 1.165) is 29.1 Å². The molecule has 1 atom stereocenters. The molecule has 6 heteroatoms. The highest BCUT2D eigenvalue weighted by Crippen LogP contribution is 2.41. The molecule has 1 fully saturated rings. The van der Waals surface area contributed by atoms with Gasteiger partial charge >= 0.3 is 5.97 Å². The van der Waals surface area contributed by atoms with Crippen LogP contribution in [0.5, 0.6) is 0 Å². The number of amides is 1. The van der Waals surface area contributed by atoms with Crippen LogP contribution >= 0.6 is 11.3 Å². The van der Waals surface area contributed by atoms with E-state index in [0.29, 0.717) is 5.92 Å². The monoisotopic (exact) mass is 342 g/mol. The van der Waals surface area contributed by atoms with Gasteiger partial charge in [-0.25, -0.2) is 9.78 Å². The average molecular weight is 342 g/mol. The molecule has 1 aromatic heterocycles. The number of carboxylic acid groups (broad SMARTS) is 1. The quantitative estimate of drug-likeness (QED) is 0.788. The number of hydrogen-bond acceptors (Lipinski definition) is 4. The summed E-state index contributed by atoms with van der Waals surface area (Å²) >= 11 is 1.58. The first-order valence-electron chi connectivity index (χ1n) is 7.77. The van der Waals surface area contributed by atoms with E-state index in [1.54, 1.807) is 29.5 Å². The van der Waals surface area contributed by atoms with Crippen molar-refractivity contribution in [2.75, 3.05) is 0 Å². The Balaban J connectivity index is 1.64. The fraction of sp³-hybridized carbons (Fsp3) is 0.278. The summed E-state index contributed by atoms with van der Waals surface area (Å²) in [6.45, 7) is 1.95. The van der Waals surface area contributed by atoms with Gasteiger partial charge in [-0.1, -0.05) is 12.1 Å². The van der Waals surface area contributed by atoms with Gasteiger partial charge in [0.1, 0.15) is 5.01 Å². The van der Waals surface area contributed by atoms with Crippen LogP contribution in [0.25, 0.3) is 6.08 Å². The van der Waals surface area contributed by atoms with Gasteiger partial charge < -0.3 is 10.4 Å². The van der Waals surface area contributed by atoms with E-state index in [9.17, 15) is 9.59 Å². The number of rotatable bonds is 6. The predicted molar refractivity (Wildman–Crippen MR) is 92.9 cm³/mol. The van der Waals surface area contributed by atoms with Gasteiger partial charge in [0.25, 0.3) is 0 Å². The molecule has 1 aliphatic carbocycles. The Labute approximate surface area is 144 Å². The molecule has 124 valence electrons. The number of nitrogens with zero attached hydrogens (tertiary/aromatic N) is 1. The third-order valence-electron chi connectivity index (χ3n) is 3.88. The molecule has 0 bridgehead atoms. The van der Waals surface area contributed by atoms with Gasteiger partial charge in [-0.05, 0) is 49.5 Å². The number of carbonyl (C=O) groups excluding carboxylic acids is 1. The molecule has 3 rings (SSSR count). The number of hydrogen-bond donors (Lipinski definition) is 2. The van der Waals surface area contributed by atoms with E-state index in [1.807, 2.05) is 12.3 Å². The SMILES string of the molecule is Cc1csc(C(NC(=O)/C=C/c2ccc(C(=O)O)cc2)C2CC2)n1. The van der Waals surface area contributed by atoms with Crippen LogP contribution < -0.4 is 5.32 Å². The number of carbonyl (C=O) groups is 2. The molecule has 1 amide bonds. The number of aryl methyl sites for hydroxylation is 1. The lowest BCUT2D eigenvalue weighted by molar-refractivity contribution is -0.117. The third kappa shape index (κ3) is 4.08. The lowest BCUT2D eigenvalue weighted by atomic mass is 10.1. The Morgan fingerprint density at radius 3 is 2.58 bits per heavy atom. The second-order valence-corrected chi connectivity index (χ2v) is 6.80. The molecule has 0 spiro atoms. The molecule has 1 aromatic carbocycles. The van der Waals surface area contributed by atoms with Gasteiger partial charge in [0.05, 0.1) is 11.6 Å². The highest BCUT2D eigenvalue weighted by atomic mass is 32.1. The van der Waals surface area contributed by atoms with E-state index in [4.69, 9.17) is 5.11 Å². The third-order valence-corrected chi connectivity index (χ3v) is 4.92. The number of carboxylic acids is 1. The van der Waals surface area contributed by atoms with Crippen molar-refractivity contribution >= 4 is 29.3 Å². The Bertz CT molecular complexity index is 776. The summed E-state index contributed by atoms with van der Waals surface area (Å²) in [6, 6.07) is 6.37. The van der Waals surface area contributed by atoms with Crippen LogP contribution in [0, 0.1) is 12.8 Å². The molecule has 2 N–H and O–H groups in total. The van der Waals surface area contributed by atoms with E-state index in [-0.39, 0.29) is 17.5 Å². The van der Waals surface area contributed by atoms with E-state index < -0.39 is 5.97 Å². The van der Waals surface area contributed by atoms with Crippen molar-refractivity contribution in [3.8, 4) is 0 Å². The Kier molecular flexibility index (Phi) is 4.76. The van der Waals surface area contributed by atoms with Gasteiger partial charge in [-0.15, -0.1) is 11.3 Å². The molecule has 0 saturated heterocycles. The summed E-state index contributed by atoms with van der Waals surface area (Å²) in [5.41, 5.74) is 1.98. The zero-order valence-electron chi connectivity index (χ0n) is 13.2. The maximum Gasteiger partial charge on any atom is 0.335 e. The molecular weight excluding hydrogens is 324 g/mol. The average Bonchev–Trinajstić information content (AvgIpc) is 3.32. The number of thiazole rings is 1. The second-order valence-electron chi connectivity index (χ2n) is 5.91. The van der Waals surface area contributed by atoms with E-state index in [1.165, 1.54) is 18.2 Å². The predicted octanol–water partition coefficient (Wildman–Crippen LogP) is 3.43. The van der Waals surface area contributed by atoms with Crippen molar-refractivity contribution in [1.82, 2.24) is 10.3 Å². The first-order valence-corrected chi connectivity index (χ1v) is 8.65. The Hall–Kier alpha value is -2.47. The van der Waals surface area contributed by atoms with Gasteiger partial charge in [0, 0.05) is 17.2 Å². The zero-order valence-corrected chi connectivity index (χ0v) is 14.0. The van der Waals surface area contributed by atoms with Gasteiger partial charge in [-0.3, -0.25) is 4.79 Å². The van der Waals surface area contributed by atoms with Crippen LogP contribution in [0.4, 0.5) is 0 Å². The molecule has 2 aromatic rings. The van der Waals surface area contributed by atoms with Crippen molar-refractivity contribution in [1.29, 1.82) is 0 Å². The zero-order chi connectivity index (χ0) is 17.1. The fourth-order valence-corrected chi connectivity index (χ4v) is 3.37. The van der Waals surface area contributed by atoms with E-state index >= 15 is 0 Å². The van der Waals surface area contributed by atoms with Crippen molar-refractivity contribution in [3.63, 3.8) is 0 Å². The Morgan fingerprint density at radius 2 is 2.04 bits per heavy atom. The van der Waals surface area contributed by atoms with Gasteiger partial charge in [0.2, 0.25) is 5.91 Å². The summed E-state index contributed by atoms with van der Waals surface area (Å²) in [7, 11) is 0. The lowest BCUT2D eigenvalue weighted by Gasteiger charge is -2.14. The minimum absolute atomic E-state index is 0.0183. The molecule has 0 radical (unpaired) electrons. The second kappa shape index (κ2) is 6.97. The summed E-state index contributed by atoms with van der Waals surface area (Å²) in [4.78, 5) is 27.5. The van der Waals surface area contributed by atoms with Crippen molar-refractivity contribution < 1.29 is 14.7 Å². The van der Waals surface area contributed by atoms with Crippen molar-refractivity contribution in [2.24, 2.45) is 5.92 Å². The van der Waals surface area contributed by atoms with Crippen LogP contribution in [0.15, 0.2) is 35.7 Å². The maximum absolute atomic E-state index is 12.2. The molecule has 24 heavy (non-hydrogen) atoms. The smallest absolute Gasteiger partial charge is 0.335 e. The van der Waals surface area contributed by atoms with Crippen molar-refractivity contribution in [3.05, 3.63) is 57.6 Å². The number of benzene rings is 1. The summed E-state index contributed by atoms with van der Waals surface area (Å²) in [5, 5.41) is 14.9. The minimum Gasteiger partial charge on any atom is -0.478 e. The highest BCUT2D eigenvalue weighted by molar-refractivity contribution is 7.09. The fourth-order valence-electron chi connectivity index (χ4n) is 2.44. The molecule has 0 aliphatic heterocycles. The maximum atomic E-state index is 12.2. The summed E-state index contributed by atoms with van der Waals surface area (Å²) < 4.78 is 0. The first-order chi connectivity index (χ1) is 11.5. The molecule has 1 aliphatic rings. The number of aromatic carboxylic acids is 1. The van der Waals surface area contributed by atoms with Gasteiger partial charge in [0.15, 0.2) is 0 Å². The molecular formula is C18H18N2O3S. The topological polar surface area (TPSA) is 79.3 Å². The van der Waals surface area contributed by atoms with Gasteiger partial charge in [-0.2, -0.15) is 0 Å². The van der Waals surface area contributed by atoms with Crippen LogP contribution in [0.3, 0.4) is 0 Å². The molecule has 1 unspecified atom stereocenters. The molecule has 1 heterocycles. The summed E-state index contributed by atoms with van der Waals surface area (Å²) in [5.74, 6) is -0.654. The van der Waals surface area contributed by atoms with Crippen LogP contribution in [0.2, 0.25) is 0 Å². The molecule has 1 saturated carbocycles. The largest absolute Gasteiger partial charge is 0.478 e. The van der Waals surface area contributed by atoms with E-state index in [2.05, 4.69) is 10.3 Å². The minimum atomic E-state index is -0.964. The normalized spacial score (nSPS) is 15.4. The number of aromatic nitrogens is 1. The van der Waals surface area contributed by atoms with Crippen LogP contribution in [-0.2, 0) is 4.79 Å². The van der Waals surface area contributed by atoms with Crippen LogP contribution in [-0.4, -0.2) is 22.0 Å².